The van der Waals surface area contributed by atoms with Gasteiger partial charge in [-0.2, -0.15) is 0 Å². The fraction of sp³-hybridized carbons (Fsp3) is 0.880. The van der Waals surface area contributed by atoms with E-state index >= 15 is 0 Å². The normalized spacial score (nSPS) is 24.0. The minimum absolute atomic E-state index is 0.0696. The number of carbonyl (C=O) groups is 9. The van der Waals surface area contributed by atoms with E-state index in [2.05, 4.69) is 31.9 Å². The summed E-state index contributed by atoms with van der Waals surface area (Å²) in [5, 5.41) is 108. The van der Waals surface area contributed by atoms with Crippen molar-refractivity contribution < 1.29 is 128 Å². The predicted octanol–water partition coefficient (Wildman–Crippen LogP) is 1.30. The minimum Gasteiger partial charge on any atom is -0.394 e. The van der Waals surface area contributed by atoms with E-state index in [4.69, 9.17) is 38.4 Å². The first-order valence-corrected chi connectivity index (χ1v) is 40.0. The molecule has 3 rings (SSSR count). The van der Waals surface area contributed by atoms with Gasteiger partial charge in [-0.05, 0) is 128 Å². The number of hydrogen-bond donors (Lipinski definition) is 15. The molecule has 3 aliphatic rings. The highest BCUT2D eigenvalue weighted by Gasteiger charge is 2.46. The molecule has 0 aromatic heterocycles. The number of ketones is 3. The molecular formula is C75H136N8O26. The molecule has 3 aliphatic heterocycles. The Kier molecular flexibility index (Phi) is 53.1. The van der Waals surface area contributed by atoms with E-state index in [0.717, 1.165) is 43.9 Å². The quantitative estimate of drug-likeness (QED) is 0.0232. The van der Waals surface area contributed by atoms with E-state index in [1.807, 2.05) is 13.8 Å². The van der Waals surface area contributed by atoms with Gasteiger partial charge in [0.2, 0.25) is 35.4 Å². The molecule has 15 atom stereocenters. The molecule has 109 heavy (non-hydrogen) atoms. The van der Waals surface area contributed by atoms with Crippen molar-refractivity contribution in [3.63, 3.8) is 0 Å². The van der Waals surface area contributed by atoms with Gasteiger partial charge in [0.25, 0.3) is 0 Å². The minimum atomic E-state index is -1.51. The second-order valence-electron chi connectivity index (χ2n) is 29.2. The summed E-state index contributed by atoms with van der Waals surface area (Å²) >= 11 is 0. The number of nitrogens with zero attached hydrogens (tertiary/aromatic N) is 2. The van der Waals surface area contributed by atoms with Crippen LogP contribution in [0.5, 0.6) is 0 Å². The third kappa shape index (κ3) is 42.1. The van der Waals surface area contributed by atoms with Crippen molar-refractivity contribution >= 4 is 52.8 Å². The van der Waals surface area contributed by atoms with E-state index in [-0.39, 0.29) is 145 Å². The van der Waals surface area contributed by atoms with Crippen LogP contribution in [0, 0.1) is 11.8 Å². The fourth-order valence-corrected chi connectivity index (χ4v) is 12.6. The van der Waals surface area contributed by atoms with E-state index in [9.17, 15) is 89.1 Å². The Morgan fingerprint density at radius 1 is 0.431 bits per heavy atom. The SMILES string of the molecule is CC(=O)NC1[C@@H](O)[C@@H](O)C(CO)ON1OCCCCCC(=O)NCCCCC(=O)CN(CC(=O)NCCCNC(=O)CCCCCOO[C@@H]1OC(CO)[C@H](O)[C@H](O)C1C)C(CCCCNC(=O)CCCC(=O)CCCCCCCOC(C)C)C(=O)CCCCNC(=O)CCCCCO[C@@H]1OC(CO)[C@H](O)[C@H](O)C1C. The second kappa shape index (κ2) is 58.9. The van der Waals surface area contributed by atoms with Crippen LogP contribution in [-0.4, -0.2) is 287 Å². The van der Waals surface area contributed by atoms with Gasteiger partial charge in [-0.25, -0.2) is 9.78 Å². The molecule has 0 aromatic carbocycles. The van der Waals surface area contributed by atoms with Gasteiger partial charge in [-0.15, -0.1) is 0 Å². The van der Waals surface area contributed by atoms with E-state index in [1.165, 1.54) is 6.92 Å². The number of nitrogens with one attached hydrogen (secondary N) is 6. The largest absolute Gasteiger partial charge is 0.394 e. The molecule has 0 saturated carbocycles. The number of Topliss-reactive ketones (excluding diaryl/α,β-unsaturated/α-hetero) is 3. The summed E-state index contributed by atoms with van der Waals surface area (Å²) < 4.78 is 22.5. The van der Waals surface area contributed by atoms with Crippen molar-refractivity contribution in [2.45, 2.75) is 319 Å². The van der Waals surface area contributed by atoms with Crippen molar-refractivity contribution in [2.75, 3.05) is 92.1 Å². The smallest absolute Gasteiger partial charge is 0.234 e. The van der Waals surface area contributed by atoms with Crippen LogP contribution in [0.2, 0.25) is 0 Å². The monoisotopic (exact) mass is 1560 g/mol. The van der Waals surface area contributed by atoms with Gasteiger partial charge in [0.05, 0.1) is 70.5 Å². The Labute approximate surface area is 643 Å². The maximum Gasteiger partial charge on any atom is 0.234 e. The lowest BCUT2D eigenvalue weighted by atomic mass is 9.92. The summed E-state index contributed by atoms with van der Waals surface area (Å²) in [6.45, 7) is 8.90. The molecule has 0 aromatic rings. The number of hydroxylamine groups is 2. The molecule has 0 aliphatic carbocycles. The zero-order chi connectivity index (χ0) is 80.3. The molecule has 7 unspecified atom stereocenters. The van der Waals surface area contributed by atoms with Crippen molar-refractivity contribution in [1.29, 1.82) is 0 Å². The fourth-order valence-electron chi connectivity index (χ4n) is 12.6. The van der Waals surface area contributed by atoms with Gasteiger partial charge >= 0.3 is 0 Å². The number of amides is 6. The molecular weight excluding hydrogens is 1430 g/mol. The summed E-state index contributed by atoms with van der Waals surface area (Å²) in [4.78, 5) is 141. The van der Waals surface area contributed by atoms with E-state index in [0.29, 0.717) is 135 Å². The number of unbranched alkanes of at least 4 members (excludes halogenated alkanes) is 13. The summed E-state index contributed by atoms with van der Waals surface area (Å²) in [6.07, 6.45) is 1.49. The Bertz CT molecular complexity index is 2550. The van der Waals surface area contributed by atoms with Crippen molar-refractivity contribution in [3.05, 3.63) is 0 Å². The zero-order valence-electron chi connectivity index (χ0n) is 65.4. The molecule has 34 nitrogen and oxygen atoms in total. The Morgan fingerprint density at radius 2 is 0.862 bits per heavy atom. The Morgan fingerprint density at radius 3 is 1.43 bits per heavy atom. The highest BCUT2D eigenvalue weighted by molar-refractivity contribution is 5.88. The van der Waals surface area contributed by atoms with Crippen LogP contribution >= 0.6 is 0 Å². The van der Waals surface area contributed by atoms with Gasteiger partial charge in [0, 0.05) is 116 Å². The van der Waals surface area contributed by atoms with Gasteiger partial charge in [-0.1, -0.05) is 52.4 Å². The third-order valence-electron chi connectivity index (χ3n) is 19.4. The van der Waals surface area contributed by atoms with Gasteiger partial charge in [0.1, 0.15) is 60.1 Å². The molecule has 0 bridgehead atoms. The standard InChI is InChI=1S/C75H136N8O26/c1-51(2)102-42-22-8-6-7-12-28-55(88)30-26-36-65(94)78-38-20-17-31-57(58(90)32-18-21-39-77-62(91)33-13-9-23-43-103-74-52(3)67(96)69(98)59(48-84)106-74)82(47-66(95)80-41-27-40-79-64(93)35-15-11-25-45-105-109-75-53(4)68(97)70(99)60(49-85)107-75)46-56(89)29-16-19-37-76-63(92)34-14-10-24-44-104-83-73(81-54(5)87)72(101)71(100)61(50-86)108-83/h51-53,57,59-61,67-75,84-86,96-101H,6-50H2,1-5H3,(H,76,92)(H,77,91)(H,78,94)(H,79,93)(H,80,95)(H,81,87)/t52?,53?,57?,59?,60?,61?,67-,68-,69+,70+,71+,72+,73?,74-,75+/m1/s1. The van der Waals surface area contributed by atoms with Crippen molar-refractivity contribution in [2.24, 2.45) is 11.8 Å². The van der Waals surface area contributed by atoms with Gasteiger partial charge < -0.3 is 96.8 Å². The topological polar surface area (TPSA) is 488 Å². The zero-order valence-corrected chi connectivity index (χ0v) is 65.4. The van der Waals surface area contributed by atoms with Gasteiger partial charge in [0.15, 0.2) is 18.7 Å². The lowest BCUT2D eigenvalue weighted by Gasteiger charge is -2.42. The summed E-state index contributed by atoms with van der Waals surface area (Å²) in [5.74, 6) is -3.21. The maximum atomic E-state index is 14.5. The van der Waals surface area contributed by atoms with Crippen LogP contribution in [-0.2, 0) is 81.5 Å². The first-order chi connectivity index (χ1) is 52.3. The molecule has 3 fully saturated rings. The second-order valence-corrected chi connectivity index (χ2v) is 29.2. The molecule has 0 spiro atoms. The van der Waals surface area contributed by atoms with Crippen molar-refractivity contribution in [1.82, 2.24) is 42.0 Å². The molecule has 15 N–H and O–H groups in total. The average Bonchev–Trinajstić information content (AvgIpc) is 0.811. The van der Waals surface area contributed by atoms with Crippen LogP contribution in [0.1, 0.15) is 234 Å². The number of carbonyl (C=O) groups excluding carboxylic acids is 9. The molecule has 0 radical (unpaired) electrons. The lowest BCUT2D eigenvalue weighted by molar-refractivity contribution is -0.450. The number of hydrogen-bond acceptors (Lipinski definition) is 28. The van der Waals surface area contributed by atoms with Crippen molar-refractivity contribution in [3.8, 4) is 0 Å². The molecule has 6 amide bonds. The number of aliphatic hydroxyl groups excluding tert-OH is 9. The van der Waals surface area contributed by atoms with E-state index in [1.54, 1.807) is 18.7 Å². The molecule has 3 heterocycles. The van der Waals surface area contributed by atoms with Crippen LogP contribution in [0.4, 0.5) is 0 Å². The number of ether oxygens (including phenoxy) is 4. The first kappa shape index (κ1) is 98.3. The van der Waals surface area contributed by atoms with Crippen LogP contribution in [0.25, 0.3) is 0 Å². The summed E-state index contributed by atoms with van der Waals surface area (Å²) in [5.41, 5.74) is 0. The first-order valence-electron chi connectivity index (χ1n) is 40.0. The highest BCUT2D eigenvalue weighted by Crippen LogP contribution is 2.29. The Balaban J connectivity index is 1.59. The summed E-state index contributed by atoms with van der Waals surface area (Å²) in [7, 11) is 0. The van der Waals surface area contributed by atoms with Crippen LogP contribution in [0.3, 0.4) is 0 Å². The van der Waals surface area contributed by atoms with Crippen LogP contribution in [0.15, 0.2) is 0 Å². The number of rotatable bonds is 64. The highest BCUT2D eigenvalue weighted by atomic mass is 17.2. The Hall–Kier alpha value is -4.93. The summed E-state index contributed by atoms with van der Waals surface area (Å²) in [6, 6.07) is -0.892. The molecule has 3 saturated heterocycles. The molecule has 632 valence electrons. The maximum absolute atomic E-state index is 14.5. The molecule has 34 heteroatoms. The van der Waals surface area contributed by atoms with Crippen LogP contribution < -0.4 is 31.9 Å². The van der Waals surface area contributed by atoms with E-state index < -0.39 is 123 Å². The lowest BCUT2D eigenvalue weighted by Crippen LogP contribution is -2.66. The van der Waals surface area contributed by atoms with Gasteiger partial charge in [-0.3, -0.25) is 57.7 Å². The predicted molar refractivity (Wildman–Crippen MR) is 396 cm³/mol. The number of aliphatic hydroxyl groups is 9. The average molecular weight is 1570 g/mol. The third-order valence-corrected chi connectivity index (χ3v) is 19.4.